The summed E-state index contributed by atoms with van der Waals surface area (Å²) in [5, 5.41) is 9.41. The van der Waals surface area contributed by atoms with E-state index in [1.165, 1.54) is 11.3 Å². The molecule has 9 heteroatoms. The van der Waals surface area contributed by atoms with Crippen molar-refractivity contribution in [2.24, 2.45) is 22.7 Å². The average Bonchev–Trinajstić information content (AvgIpc) is 3.16. The molecule has 1 aromatic heterocycles. The van der Waals surface area contributed by atoms with Crippen molar-refractivity contribution in [2.45, 2.75) is 41.0 Å². The Morgan fingerprint density at radius 1 is 1.00 bits per heavy atom. The summed E-state index contributed by atoms with van der Waals surface area (Å²) in [7, 11) is 0. The van der Waals surface area contributed by atoms with E-state index in [9.17, 15) is 9.59 Å². The van der Waals surface area contributed by atoms with Crippen LogP contribution in [0, 0.1) is 23.2 Å². The van der Waals surface area contributed by atoms with Crippen LogP contribution in [0.1, 0.15) is 45.9 Å². The molecule has 0 aliphatic carbocycles. The molecule has 184 valence electrons. The Morgan fingerprint density at radius 2 is 1.62 bits per heavy atom. The fourth-order valence-corrected chi connectivity index (χ4v) is 4.97. The lowest BCUT2D eigenvalue weighted by Gasteiger charge is -2.26. The SMILES string of the molecule is CC(C)CN(CC(C)C)C(=O)CC(=O)C(=N)C(C)C(=Nc1ccc(Cl)cc1Cl)c1ccc(Cl)s1. The van der Waals surface area contributed by atoms with Crippen LogP contribution in [0.4, 0.5) is 5.69 Å². The second-order valence-electron chi connectivity index (χ2n) is 9.02. The van der Waals surface area contributed by atoms with Crippen LogP contribution < -0.4 is 0 Å². The first-order valence-electron chi connectivity index (χ1n) is 11.1. The van der Waals surface area contributed by atoms with Crippen molar-refractivity contribution in [3.63, 3.8) is 0 Å². The molecule has 1 amide bonds. The second-order valence-corrected chi connectivity index (χ2v) is 11.6. The highest BCUT2D eigenvalue weighted by Crippen LogP contribution is 2.32. The molecule has 0 radical (unpaired) electrons. The molecule has 0 aliphatic heterocycles. The molecule has 1 N–H and O–H groups in total. The Morgan fingerprint density at radius 3 is 2.12 bits per heavy atom. The number of aliphatic imine (C=N–C) groups is 1. The number of carbonyl (C=O) groups excluding carboxylic acids is 2. The molecule has 1 heterocycles. The van der Waals surface area contributed by atoms with Crippen LogP contribution in [0.25, 0.3) is 0 Å². The molecule has 1 atom stereocenters. The molecule has 0 bridgehead atoms. The van der Waals surface area contributed by atoms with Crippen LogP contribution in [-0.2, 0) is 9.59 Å². The summed E-state index contributed by atoms with van der Waals surface area (Å²) in [6.07, 6.45) is -0.344. The van der Waals surface area contributed by atoms with Crippen LogP contribution in [0.3, 0.4) is 0 Å². The fourth-order valence-electron chi connectivity index (χ4n) is 3.40. The van der Waals surface area contributed by atoms with Crippen molar-refractivity contribution in [3.8, 4) is 0 Å². The van der Waals surface area contributed by atoms with Gasteiger partial charge in [0.2, 0.25) is 5.91 Å². The molecule has 0 saturated heterocycles. The minimum Gasteiger partial charge on any atom is -0.342 e. The maximum Gasteiger partial charge on any atom is 0.230 e. The van der Waals surface area contributed by atoms with E-state index in [1.807, 2.05) is 27.7 Å². The van der Waals surface area contributed by atoms with Crippen LogP contribution >= 0.6 is 46.1 Å². The number of Topliss-reactive ketones (excluding diaryl/α,β-unsaturated/α-hetero) is 1. The number of benzene rings is 1. The Labute approximate surface area is 220 Å². The Balaban J connectivity index is 2.31. The minimum atomic E-state index is -0.676. The molecule has 2 aromatic rings. The van der Waals surface area contributed by atoms with Crippen LogP contribution in [-0.4, -0.2) is 41.1 Å². The van der Waals surface area contributed by atoms with Gasteiger partial charge in [0.25, 0.3) is 0 Å². The summed E-state index contributed by atoms with van der Waals surface area (Å²) < 4.78 is 0.558. The van der Waals surface area contributed by atoms with E-state index in [4.69, 9.17) is 40.2 Å². The van der Waals surface area contributed by atoms with Gasteiger partial charge in [0.1, 0.15) is 0 Å². The number of hydrogen-bond donors (Lipinski definition) is 1. The Hall–Kier alpha value is -1.73. The van der Waals surface area contributed by atoms with Crippen molar-refractivity contribution in [1.29, 1.82) is 5.41 Å². The third-order valence-corrected chi connectivity index (χ3v) is 6.75. The molecular formula is C25H30Cl3N3O2S. The van der Waals surface area contributed by atoms with Gasteiger partial charge in [-0.25, -0.2) is 4.99 Å². The van der Waals surface area contributed by atoms with Gasteiger partial charge in [-0.3, -0.25) is 9.59 Å². The molecule has 1 aromatic carbocycles. The van der Waals surface area contributed by atoms with Crippen LogP contribution in [0.2, 0.25) is 14.4 Å². The van der Waals surface area contributed by atoms with Gasteiger partial charge in [0, 0.05) is 24.0 Å². The highest BCUT2D eigenvalue weighted by molar-refractivity contribution is 7.18. The number of carbonyl (C=O) groups is 2. The van der Waals surface area contributed by atoms with E-state index in [0.717, 1.165) is 0 Å². The van der Waals surface area contributed by atoms with E-state index in [2.05, 4.69) is 4.99 Å². The van der Waals surface area contributed by atoms with Gasteiger partial charge >= 0.3 is 0 Å². The summed E-state index contributed by atoms with van der Waals surface area (Å²) in [4.78, 5) is 33.0. The zero-order chi connectivity index (χ0) is 25.6. The van der Waals surface area contributed by atoms with E-state index < -0.39 is 11.7 Å². The van der Waals surface area contributed by atoms with Gasteiger partial charge in [0.15, 0.2) is 5.78 Å². The molecule has 0 spiro atoms. The van der Waals surface area contributed by atoms with Gasteiger partial charge in [-0.05, 0) is 42.2 Å². The van der Waals surface area contributed by atoms with E-state index >= 15 is 0 Å². The van der Waals surface area contributed by atoms with Crippen LogP contribution in [0.15, 0.2) is 35.3 Å². The van der Waals surface area contributed by atoms with Gasteiger partial charge in [-0.15, -0.1) is 11.3 Å². The number of thiophene rings is 1. The summed E-state index contributed by atoms with van der Waals surface area (Å²) >= 11 is 19.8. The second kappa shape index (κ2) is 12.8. The third-order valence-electron chi connectivity index (χ3n) is 4.96. The fraction of sp³-hybridized carbons (Fsp3) is 0.440. The van der Waals surface area contributed by atoms with Crippen molar-refractivity contribution in [3.05, 3.63) is 49.6 Å². The standard InChI is InChI=1S/C25H30Cl3N3O2S/c1-14(2)12-31(13-15(3)4)23(33)11-20(32)24(29)16(5)25(21-8-9-22(28)34-21)30-19-7-6-17(26)10-18(19)27/h6-10,14-16,29H,11-13H2,1-5H3. The lowest BCUT2D eigenvalue weighted by Crippen LogP contribution is -2.39. The van der Waals surface area contributed by atoms with E-state index in [-0.39, 0.29) is 29.9 Å². The average molecular weight is 543 g/mol. The molecule has 0 aliphatic rings. The summed E-state index contributed by atoms with van der Waals surface area (Å²) in [5.41, 5.74) is 0.762. The number of amides is 1. The largest absolute Gasteiger partial charge is 0.342 e. The Kier molecular flexibility index (Phi) is 10.8. The number of rotatable bonds is 11. The van der Waals surface area contributed by atoms with E-state index in [0.29, 0.717) is 43.7 Å². The summed E-state index contributed by atoms with van der Waals surface area (Å²) in [5.74, 6) is -0.897. The maximum atomic E-state index is 13.0. The van der Waals surface area contributed by atoms with Crippen molar-refractivity contribution >= 4 is 74.9 Å². The van der Waals surface area contributed by atoms with Gasteiger partial charge < -0.3 is 10.3 Å². The molecule has 0 saturated carbocycles. The number of ketones is 1. The monoisotopic (exact) mass is 541 g/mol. The van der Waals surface area contributed by atoms with Crippen molar-refractivity contribution < 1.29 is 9.59 Å². The van der Waals surface area contributed by atoms with Crippen LogP contribution in [0.5, 0.6) is 0 Å². The predicted octanol–water partition coefficient (Wildman–Crippen LogP) is 7.58. The number of halogens is 3. The Bertz CT molecular complexity index is 1070. The van der Waals surface area contributed by atoms with Gasteiger partial charge in [0.05, 0.1) is 37.8 Å². The highest BCUT2D eigenvalue weighted by atomic mass is 35.5. The first-order valence-corrected chi connectivity index (χ1v) is 13.0. The van der Waals surface area contributed by atoms with Gasteiger partial charge in [-0.1, -0.05) is 69.4 Å². The minimum absolute atomic E-state index is 0.184. The molecule has 5 nitrogen and oxygen atoms in total. The first-order chi connectivity index (χ1) is 15.9. The molecule has 1 unspecified atom stereocenters. The zero-order valence-corrected chi connectivity index (χ0v) is 23.1. The lowest BCUT2D eigenvalue weighted by molar-refractivity contribution is -0.134. The zero-order valence-electron chi connectivity index (χ0n) is 20.0. The summed E-state index contributed by atoms with van der Waals surface area (Å²) in [6.45, 7) is 11.0. The van der Waals surface area contributed by atoms with Crippen molar-refractivity contribution in [2.75, 3.05) is 13.1 Å². The molecular weight excluding hydrogens is 513 g/mol. The molecule has 34 heavy (non-hydrogen) atoms. The molecule has 2 rings (SSSR count). The normalized spacial score (nSPS) is 12.8. The summed E-state index contributed by atoms with van der Waals surface area (Å²) in [6, 6.07) is 8.46. The quantitative estimate of drug-likeness (QED) is 0.235. The topological polar surface area (TPSA) is 73.6 Å². The first kappa shape index (κ1) is 28.5. The number of nitrogens with one attached hydrogen (secondary N) is 1. The highest BCUT2D eigenvalue weighted by Gasteiger charge is 2.28. The van der Waals surface area contributed by atoms with Crippen molar-refractivity contribution in [1.82, 2.24) is 4.90 Å². The number of nitrogens with zero attached hydrogens (tertiary/aromatic N) is 2. The smallest absolute Gasteiger partial charge is 0.230 e. The molecule has 0 fully saturated rings. The van der Waals surface area contributed by atoms with E-state index in [1.54, 1.807) is 42.2 Å². The van der Waals surface area contributed by atoms with Gasteiger partial charge in [-0.2, -0.15) is 0 Å². The number of hydrogen-bond acceptors (Lipinski definition) is 5. The maximum absolute atomic E-state index is 13.0. The lowest BCUT2D eigenvalue weighted by atomic mass is 9.93. The predicted molar refractivity (Wildman–Crippen MR) is 145 cm³/mol. The third kappa shape index (κ3) is 8.19.